The Morgan fingerprint density at radius 1 is 1.04 bits per heavy atom. The van der Waals surface area contributed by atoms with E-state index in [4.69, 9.17) is 0 Å². The van der Waals surface area contributed by atoms with Crippen molar-refractivity contribution < 1.29 is 9.59 Å². The first-order valence-corrected chi connectivity index (χ1v) is 7.87. The third-order valence-corrected chi connectivity index (χ3v) is 4.27. The number of benzene rings is 1. The van der Waals surface area contributed by atoms with Crippen LogP contribution in [-0.2, 0) is 4.79 Å². The van der Waals surface area contributed by atoms with Gasteiger partial charge in [-0.05, 0) is 11.6 Å². The van der Waals surface area contributed by atoms with Crippen molar-refractivity contribution in [1.82, 2.24) is 14.8 Å². The van der Waals surface area contributed by atoms with Crippen molar-refractivity contribution in [3.63, 3.8) is 0 Å². The van der Waals surface area contributed by atoms with Crippen molar-refractivity contribution in [3.8, 4) is 0 Å². The lowest BCUT2D eigenvalue weighted by Crippen LogP contribution is -2.52. The molecule has 1 aromatic heterocycles. The molecule has 2 amide bonds. The van der Waals surface area contributed by atoms with Crippen molar-refractivity contribution in [2.45, 2.75) is 13.0 Å². The number of amides is 2. The summed E-state index contributed by atoms with van der Waals surface area (Å²) < 4.78 is 0. The highest BCUT2D eigenvalue weighted by molar-refractivity contribution is 5.92. The lowest BCUT2D eigenvalue weighted by atomic mass is 10.0. The maximum Gasteiger partial charge on any atom is 0.271 e. The second-order valence-electron chi connectivity index (χ2n) is 5.82. The van der Waals surface area contributed by atoms with Crippen LogP contribution in [0.3, 0.4) is 0 Å². The van der Waals surface area contributed by atoms with E-state index in [2.05, 4.69) is 4.98 Å². The number of hydrogen-bond acceptors (Lipinski definition) is 3. The number of carbonyl (C=O) groups is 2. The number of carbonyl (C=O) groups excluding carboxylic acids is 2. The molecule has 1 atom stereocenters. The summed E-state index contributed by atoms with van der Waals surface area (Å²) in [4.78, 5) is 42.1. The standard InChI is InChI=1S/C18H19N3O3/c1-13(22)20-10-11-21(16(12-20)14-6-3-2-4-7-14)18(24)15-8-5-9-17(23)19-15/h2-9,16H,10-12H2,1H3,(H,19,23)/t16-/m1/s1. The van der Waals surface area contributed by atoms with E-state index in [1.165, 1.54) is 13.0 Å². The minimum Gasteiger partial charge on any atom is -0.339 e. The molecule has 124 valence electrons. The molecule has 2 heterocycles. The van der Waals surface area contributed by atoms with Gasteiger partial charge in [0.2, 0.25) is 11.5 Å². The molecule has 0 unspecified atom stereocenters. The summed E-state index contributed by atoms with van der Waals surface area (Å²) in [6, 6.07) is 13.9. The highest BCUT2D eigenvalue weighted by Gasteiger charge is 2.33. The molecule has 6 heteroatoms. The fourth-order valence-corrected chi connectivity index (χ4v) is 3.00. The second kappa shape index (κ2) is 6.70. The molecule has 1 N–H and O–H groups in total. The van der Waals surface area contributed by atoms with E-state index in [0.29, 0.717) is 19.6 Å². The number of H-pyrrole nitrogens is 1. The van der Waals surface area contributed by atoms with Crippen LogP contribution in [0.2, 0.25) is 0 Å². The topological polar surface area (TPSA) is 73.5 Å². The minimum absolute atomic E-state index is 0.00357. The fraction of sp³-hybridized carbons (Fsp3) is 0.278. The van der Waals surface area contributed by atoms with Crippen LogP contribution in [0.15, 0.2) is 53.3 Å². The third-order valence-electron chi connectivity index (χ3n) is 4.27. The number of nitrogens with one attached hydrogen (secondary N) is 1. The molecule has 1 saturated heterocycles. The van der Waals surface area contributed by atoms with Crippen LogP contribution in [0.1, 0.15) is 29.0 Å². The third kappa shape index (κ3) is 3.22. The van der Waals surface area contributed by atoms with Gasteiger partial charge in [0, 0.05) is 32.6 Å². The Bertz CT molecular complexity index is 800. The molecule has 1 aromatic carbocycles. The van der Waals surface area contributed by atoms with Crippen LogP contribution in [0.25, 0.3) is 0 Å². The molecule has 0 saturated carbocycles. The lowest BCUT2D eigenvalue weighted by molar-refractivity contribution is -0.131. The number of aromatic amines is 1. The molecule has 1 fully saturated rings. The van der Waals surface area contributed by atoms with E-state index in [1.807, 2.05) is 30.3 Å². The predicted molar refractivity (Wildman–Crippen MR) is 89.5 cm³/mol. The quantitative estimate of drug-likeness (QED) is 0.907. The average Bonchev–Trinajstić information content (AvgIpc) is 2.61. The summed E-state index contributed by atoms with van der Waals surface area (Å²) in [6.07, 6.45) is 0. The summed E-state index contributed by atoms with van der Waals surface area (Å²) in [5.74, 6) is -0.235. The number of pyridine rings is 1. The molecule has 0 bridgehead atoms. The number of hydrogen-bond donors (Lipinski definition) is 1. The van der Waals surface area contributed by atoms with Crippen LogP contribution in [-0.4, -0.2) is 46.2 Å². The summed E-state index contributed by atoms with van der Waals surface area (Å²) in [5.41, 5.74) is 0.925. The molecule has 24 heavy (non-hydrogen) atoms. The Kier molecular flexibility index (Phi) is 4.46. The van der Waals surface area contributed by atoms with Crippen LogP contribution >= 0.6 is 0 Å². The molecule has 1 aliphatic heterocycles. The monoisotopic (exact) mass is 325 g/mol. The van der Waals surface area contributed by atoms with E-state index < -0.39 is 0 Å². The lowest BCUT2D eigenvalue weighted by Gasteiger charge is -2.41. The largest absolute Gasteiger partial charge is 0.339 e. The molecular formula is C18H19N3O3. The van der Waals surface area contributed by atoms with Crippen molar-refractivity contribution in [2.24, 2.45) is 0 Å². The number of nitrogens with zero attached hydrogens (tertiary/aromatic N) is 2. The number of piperazine rings is 1. The Hall–Kier alpha value is -2.89. The van der Waals surface area contributed by atoms with Gasteiger partial charge < -0.3 is 14.8 Å². The zero-order chi connectivity index (χ0) is 17.1. The van der Waals surface area contributed by atoms with Crippen LogP contribution in [0.4, 0.5) is 0 Å². The smallest absolute Gasteiger partial charge is 0.271 e. The molecule has 0 radical (unpaired) electrons. The highest BCUT2D eigenvalue weighted by atomic mass is 16.2. The van der Waals surface area contributed by atoms with Crippen molar-refractivity contribution in [1.29, 1.82) is 0 Å². The first kappa shape index (κ1) is 16.0. The average molecular weight is 325 g/mol. The normalized spacial score (nSPS) is 17.6. The van der Waals surface area contributed by atoms with Gasteiger partial charge in [0.25, 0.3) is 5.91 Å². The van der Waals surface area contributed by atoms with Gasteiger partial charge >= 0.3 is 0 Å². The van der Waals surface area contributed by atoms with E-state index in [-0.39, 0.29) is 29.1 Å². The molecule has 0 spiro atoms. The van der Waals surface area contributed by atoms with E-state index in [0.717, 1.165) is 5.56 Å². The zero-order valence-corrected chi connectivity index (χ0v) is 13.4. The van der Waals surface area contributed by atoms with Crippen molar-refractivity contribution >= 4 is 11.8 Å². The Morgan fingerprint density at radius 2 is 1.79 bits per heavy atom. The molecular weight excluding hydrogens is 306 g/mol. The van der Waals surface area contributed by atoms with Gasteiger partial charge in [-0.15, -0.1) is 0 Å². The SMILES string of the molecule is CC(=O)N1CCN(C(=O)c2cccc(=O)[nH]2)[C@@H](c2ccccc2)C1. The Balaban J connectivity index is 1.94. The van der Waals surface area contributed by atoms with Crippen LogP contribution < -0.4 is 5.56 Å². The number of rotatable bonds is 2. The summed E-state index contributed by atoms with van der Waals surface area (Å²) in [6.45, 7) is 2.90. The predicted octanol–water partition coefficient (Wildman–Crippen LogP) is 1.42. The molecule has 2 aromatic rings. The summed E-state index contributed by atoms with van der Waals surface area (Å²) in [5, 5.41) is 0. The van der Waals surface area contributed by atoms with Gasteiger partial charge in [-0.25, -0.2) is 0 Å². The molecule has 6 nitrogen and oxygen atoms in total. The van der Waals surface area contributed by atoms with Gasteiger partial charge in [-0.1, -0.05) is 36.4 Å². The first-order chi connectivity index (χ1) is 11.6. The van der Waals surface area contributed by atoms with E-state index in [1.54, 1.807) is 21.9 Å². The second-order valence-corrected chi connectivity index (χ2v) is 5.82. The van der Waals surface area contributed by atoms with Crippen molar-refractivity contribution in [3.05, 3.63) is 70.1 Å². The molecule has 0 aliphatic carbocycles. The van der Waals surface area contributed by atoms with E-state index >= 15 is 0 Å². The summed E-state index contributed by atoms with van der Waals surface area (Å²) >= 11 is 0. The van der Waals surface area contributed by atoms with Crippen molar-refractivity contribution in [2.75, 3.05) is 19.6 Å². The maximum absolute atomic E-state index is 12.9. The van der Waals surface area contributed by atoms with Gasteiger partial charge in [-0.3, -0.25) is 14.4 Å². The maximum atomic E-state index is 12.9. The number of aromatic nitrogens is 1. The van der Waals surface area contributed by atoms with Gasteiger partial charge in [0.05, 0.1) is 6.04 Å². The minimum atomic E-state index is -0.306. The van der Waals surface area contributed by atoms with Gasteiger partial charge in [0.15, 0.2) is 0 Å². The summed E-state index contributed by atoms with van der Waals surface area (Å²) in [7, 11) is 0. The highest BCUT2D eigenvalue weighted by Crippen LogP contribution is 2.26. The Labute approximate surface area is 139 Å². The molecule has 1 aliphatic rings. The fourth-order valence-electron chi connectivity index (χ4n) is 3.00. The van der Waals surface area contributed by atoms with Gasteiger partial charge in [-0.2, -0.15) is 0 Å². The van der Waals surface area contributed by atoms with Crippen LogP contribution in [0, 0.1) is 0 Å². The van der Waals surface area contributed by atoms with E-state index in [9.17, 15) is 14.4 Å². The zero-order valence-electron chi connectivity index (χ0n) is 13.4. The van der Waals surface area contributed by atoms with Crippen LogP contribution in [0.5, 0.6) is 0 Å². The Morgan fingerprint density at radius 3 is 2.46 bits per heavy atom. The van der Waals surface area contributed by atoms with Gasteiger partial charge in [0.1, 0.15) is 5.69 Å². The first-order valence-electron chi connectivity index (χ1n) is 7.87. The molecule has 3 rings (SSSR count).